The molecule has 3 nitrogen and oxygen atoms in total. The summed E-state index contributed by atoms with van der Waals surface area (Å²) in [5.41, 5.74) is 2.39. The summed E-state index contributed by atoms with van der Waals surface area (Å²) < 4.78 is 5.79. The van der Waals surface area contributed by atoms with Gasteiger partial charge in [0.05, 0.1) is 13.2 Å². The number of ether oxygens (including phenoxy) is 1. The molecule has 5 heteroatoms. The average molecular weight is 369 g/mol. The molecular formula is C20H20N2OS2. The van der Waals surface area contributed by atoms with Gasteiger partial charge in [-0.1, -0.05) is 36.4 Å². The molecule has 0 aliphatic heterocycles. The minimum atomic E-state index is 0.776. The van der Waals surface area contributed by atoms with Crippen LogP contribution in [0.25, 0.3) is 21.8 Å². The molecule has 2 aromatic carbocycles. The van der Waals surface area contributed by atoms with E-state index < -0.39 is 0 Å². The highest BCUT2D eigenvalue weighted by Crippen LogP contribution is 2.28. The highest BCUT2D eigenvalue weighted by molar-refractivity contribution is 7.99. The van der Waals surface area contributed by atoms with Gasteiger partial charge in [-0.25, -0.2) is 0 Å². The van der Waals surface area contributed by atoms with Crippen molar-refractivity contribution in [1.29, 1.82) is 0 Å². The molecule has 0 radical (unpaired) electrons. The molecule has 0 atom stereocenters. The van der Waals surface area contributed by atoms with Crippen LogP contribution in [0.15, 0.2) is 70.7 Å². The molecule has 0 saturated carbocycles. The lowest BCUT2D eigenvalue weighted by Crippen LogP contribution is -2.01. The molecule has 0 unspecified atom stereocenters. The van der Waals surface area contributed by atoms with Gasteiger partial charge in [-0.15, -0.1) is 23.5 Å². The van der Waals surface area contributed by atoms with E-state index >= 15 is 0 Å². The number of fused-ring (bicyclic) bond motifs is 2. The monoisotopic (exact) mass is 368 g/mol. The molecule has 0 bridgehead atoms. The summed E-state index contributed by atoms with van der Waals surface area (Å²) in [4.78, 5) is 9.22. The summed E-state index contributed by atoms with van der Waals surface area (Å²) in [5, 5.41) is 2.59. The number of hydrogen-bond acceptors (Lipinski definition) is 3. The standard InChI is InChI=1S/C20H20N2OS2/c1-3-7-17-15(5-1)19(13-21-17)24-11-9-23-10-12-25-20-14-22-18-8-4-2-6-16(18)20/h1-8,13-14,21-22H,9-12H2. The number of benzene rings is 2. The SMILES string of the molecule is c1ccc2c(SCCOCCSc3c[nH]c4ccccc34)c[nH]c2c1. The van der Waals surface area contributed by atoms with Crippen molar-refractivity contribution in [1.82, 2.24) is 9.97 Å². The van der Waals surface area contributed by atoms with Crippen molar-refractivity contribution in [3.8, 4) is 0 Å². The Morgan fingerprint density at radius 2 is 1.16 bits per heavy atom. The van der Waals surface area contributed by atoms with Crippen molar-refractivity contribution in [2.45, 2.75) is 9.79 Å². The van der Waals surface area contributed by atoms with Gasteiger partial charge in [-0.2, -0.15) is 0 Å². The van der Waals surface area contributed by atoms with E-state index in [0.717, 1.165) is 24.7 Å². The van der Waals surface area contributed by atoms with Crippen molar-refractivity contribution in [3.63, 3.8) is 0 Å². The van der Waals surface area contributed by atoms with E-state index in [-0.39, 0.29) is 0 Å². The number of aromatic amines is 2. The minimum absolute atomic E-state index is 0.776. The molecule has 0 aliphatic rings. The Bertz CT molecular complexity index is 882. The van der Waals surface area contributed by atoms with E-state index in [2.05, 4.69) is 70.9 Å². The number of nitrogens with one attached hydrogen (secondary N) is 2. The molecule has 0 aliphatic carbocycles. The summed E-state index contributed by atoms with van der Waals surface area (Å²) in [6.07, 6.45) is 4.17. The number of H-pyrrole nitrogens is 2. The number of hydrogen-bond donors (Lipinski definition) is 2. The molecule has 0 saturated heterocycles. The number of para-hydroxylation sites is 2. The zero-order chi connectivity index (χ0) is 16.9. The third-order valence-electron chi connectivity index (χ3n) is 4.07. The van der Waals surface area contributed by atoms with Crippen LogP contribution in [-0.4, -0.2) is 34.7 Å². The molecular weight excluding hydrogens is 348 g/mol. The molecule has 128 valence electrons. The molecule has 0 fully saturated rings. The van der Waals surface area contributed by atoms with Gasteiger partial charge in [0.2, 0.25) is 0 Å². The minimum Gasteiger partial charge on any atom is -0.380 e. The first kappa shape index (κ1) is 16.6. The lowest BCUT2D eigenvalue weighted by atomic mass is 10.2. The molecule has 0 amide bonds. The number of aromatic nitrogens is 2. The van der Waals surface area contributed by atoms with Crippen LogP contribution in [-0.2, 0) is 4.74 Å². The highest BCUT2D eigenvalue weighted by atomic mass is 32.2. The molecule has 2 N–H and O–H groups in total. The van der Waals surface area contributed by atoms with E-state index in [1.54, 1.807) is 0 Å². The van der Waals surface area contributed by atoms with E-state index in [1.165, 1.54) is 31.6 Å². The van der Waals surface area contributed by atoms with Gasteiger partial charge in [-0.05, 0) is 12.1 Å². The molecule has 4 aromatic rings. The first-order valence-electron chi connectivity index (χ1n) is 8.37. The maximum Gasteiger partial charge on any atom is 0.0560 e. The van der Waals surface area contributed by atoms with Crippen LogP contribution in [0.1, 0.15) is 0 Å². The maximum atomic E-state index is 5.79. The first-order chi connectivity index (χ1) is 12.4. The Balaban J connectivity index is 1.18. The highest BCUT2D eigenvalue weighted by Gasteiger charge is 2.04. The van der Waals surface area contributed by atoms with Gasteiger partial charge in [0.15, 0.2) is 0 Å². The number of thioether (sulfide) groups is 2. The van der Waals surface area contributed by atoms with Gasteiger partial charge < -0.3 is 14.7 Å². The van der Waals surface area contributed by atoms with Crippen molar-refractivity contribution in [2.75, 3.05) is 24.7 Å². The molecule has 4 rings (SSSR count). The third kappa shape index (κ3) is 3.89. The Kier molecular flexibility index (Phi) is 5.35. The summed E-state index contributed by atoms with van der Waals surface area (Å²) >= 11 is 3.69. The van der Waals surface area contributed by atoms with E-state index in [9.17, 15) is 0 Å². The predicted molar refractivity (Wildman–Crippen MR) is 109 cm³/mol. The zero-order valence-corrected chi connectivity index (χ0v) is 15.5. The first-order valence-corrected chi connectivity index (χ1v) is 10.3. The fourth-order valence-corrected chi connectivity index (χ4v) is 4.65. The van der Waals surface area contributed by atoms with Crippen LogP contribution < -0.4 is 0 Å². The van der Waals surface area contributed by atoms with Gasteiger partial charge in [0, 0.05) is 55.5 Å². The topological polar surface area (TPSA) is 40.8 Å². The summed E-state index contributed by atoms with van der Waals surface area (Å²) in [6, 6.07) is 16.8. The predicted octanol–water partition coefficient (Wildman–Crippen LogP) is 5.55. The summed E-state index contributed by atoms with van der Waals surface area (Å²) in [7, 11) is 0. The van der Waals surface area contributed by atoms with Crippen molar-refractivity contribution >= 4 is 45.3 Å². The van der Waals surface area contributed by atoms with Crippen LogP contribution in [0.5, 0.6) is 0 Å². The van der Waals surface area contributed by atoms with Gasteiger partial charge in [0.25, 0.3) is 0 Å². The van der Waals surface area contributed by atoms with Gasteiger partial charge >= 0.3 is 0 Å². The van der Waals surface area contributed by atoms with Gasteiger partial charge in [0.1, 0.15) is 0 Å². The fraction of sp³-hybridized carbons (Fsp3) is 0.200. The Hall–Kier alpha value is -1.82. The van der Waals surface area contributed by atoms with E-state index in [4.69, 9.17) is 4.74 Å². The Morgan fingerprint density at radius 3 is 1.68 bits per heavy atom. The smallest absolute Gasteiger partial charge is 0.0560 e. The lowest BCUT2D eigenvalue weighted by molar-refractivity contribution is 0.167. The van der Waals surface area contributed by atoms with E-state index in [0.29, 0.717) is 0 Å². The zero-order valence-electron chi connectivity index (χ0n) is 13.8. The number of rotatable bonds is 8. The quantitative estimate of drug-likeness (QED) is 0.316. The van der Waals surface area contributed by atoms with E-state index in [1.807, 2.05) is 23.5 Å². The Labute approximate surface area is 155 Å². The van der Waals surface area contributed by atoms with Crippen LogP contribution in [0.3, 0.4) is 0 Å². The van der Waals surface area contributed by atoms with Crippen LogP contribution >= 0.6 is 23.5 Å². The second kappa shape index (κ2) is 8.04. The molecule has 0 spiro atoms. The maximum absolute atomic E-state index is 5.79. The third-order valence-corrected chi connectivity index (χ3v) is 6.11. The summed E-state index contributed by atoms with van der Waals surface area (Å²) in [6.45, 7) is 1.55. The second-order valence-corrected chi connectivity index (χ2v) is 7.98. The van der Waals surface area contributed by atoms with Crippen LogP contribution in [0, 0.1) is 0 Å². The van der Waals surface area contributed by atoms with Crippen LogP contribution in [0.2, 0.25) is 0 Å². The summed E-state index contributed by atoms with van der Waals surface area (Å²) in [5.74, 6) is 1.94. The average Bonchev–Trinajstić information content (AvgIpc) is 3.25. The lowest BCUT2D eigenvalue weighted by Gasteiger charge is -2.04. The van der Waals surface area contributed by atoms with Gasteiger partial charge in [-0.3, -0.25) is 0 Å². The molecule has 2 heterocycles. The largest absolute Gasteiger partial charge is 0.380 e. The van der Waals surface area contributed by atoms with Crippen LogP contribution in [0.4, 0.5) is 0 Å². The molecule has 25 heavy (non-hydrogen) atoms. The van der Waals surface area contributed by atoms with Crippen molar-refractivity contribution in [2.24, 2.45) is 0 Å². The molecule has 2 aromatic heterocycles. The second-order valence-electron chi connectivity index (χ2n) is 5.71. The van der Waals surface area contributed by atoms with Crippen molar-refractivity contribution < 1.29 is 4.74 Å². The van der Waals surface area contributed by atoms with Crippen molar-refractivity contribution in [3.05, 3.63) is 60.9 Å². The normalized spacial score (nSPS) is 11.5. The fourth-order valence-electron chi connectivity index (χ4n) is 2.85. The Morgan fingerprint density at radius 1 is 0.680 bits per heavy atom.